The molecule has 0 fully saturated rings. The molecular formula is C38H48N6O6. The Hall–Kier alpha value is -4.84. The van der Waals surface area contributed by atoms with Gasteiger partial charge in [0.1, 0.15) is 17.1 Å². The Labute approximate surface area is 294 Å². The molecule has 0 spiro atoms. The zero-order chi connectivity index (χ0) is 37.2. The van der Waals surface area contributed by atoms with E-state index < -0.39 is 23.4 Å². The number of aryl methyl sites for hydroxylation is 4. The maximum absolute atomic E-state index is 14.4. The standard InChI is InChI=1S/C38H48N6O6/c1-11-28-29(50-37(46)49-28)20-48-36(45)33-34(38(12-2,13-3)47-10)39-30(17-21(4)5)44(33)25(9)31-23(7)18-26(19-24(31)8)32-22(6)15-14-16-27(32)35-40-42-43-41-35/h14-16,18-19,21,25H,11-13,17,20H2,1-10H3,(H,40,41,42,43)/i25D. The number of benzene rings is 2. The molecule has 0 radical (unpaired) electrons. The van der Waals surface area contributed by atoms with Gasteiger partial charge in [-0.25, -0.2) is 14.6 Å². The summed E-state index contributed by atoms with van der Waals surface area (Å²) in [7, 11) is 1.61. The van der Waals surface area contributed by atoms with Crippen LogP contribution in [0.1, 0.15) is 118 Å². The van der Waals surface area contributed by atoms with Crippen LogP contribution in [0.15, 0.2) is 44.0 Å². The van der Waals surface area contributed by atoms with Gasteiger partial charge in [0.15, 0.2) is 23.8 Å². The molecule has 0 bridgehead atoms. The Bertz CT molecular complexity index is 2040. The maximum atomic E-state index is 14.4. The third-order valence-corrected chi connectivity index (χ3v) is 9.45. The van der Waals surface area contributed by atoms with E-state index in [0.717, 1.165) is 33.4 Å². The number of H-pyrrole nitrogens is 1. The monoisotopic (exact) mass is 685 g/mol. The quantitative estimate of drug-likeness (QED) is 0.116. The van der Waals surface area contributed by atoms with E-state index >= 15 is 0 Å². The lowest BCUT2D eigenvalue weighted by molar-refractivity contribution is -0.0265. The van der Waals surface area contributed by atoms with Gasteiger partial charge in [0, 0.05) is 25.5 Å². The average molecular weight is 686 g/mol. The first-order chi connectivity index (χ1) is 24.2. The second-order valence-corrected chi connectivity index (χ2v) is 13.1. The van der Waals surface area contributed by atoms with E-state index in [4.69, 9.17) is 23.3 Å². The summed E-state index contributed by atoms with van der Waals surface area (Å²) in [5.41, 5.74) is 5.81. The highest BCUT2D eigenvalue weighted by molar-refractivity contribution is 5.90. The van der Waals surface area contributed by atoms with E-state index in [1.54, 1.807) is 18.6 Å². The number of carbonyl (C=O) groups is 1. The number of methoxy groups -OCH3 is 1. The molecule has 1 N–H and O–H groups in total. The minimum absolute atomic E-state index is 0.124. The molecule has 266 valence electrons. The number of nitrogens with one attached hydrogen (secondary N) is 1. The van der Waals surface area contributed by atoms with Crippen LogP contribution in [0.5, 0.6) is 0 Å². The fourth-order valence-corrected chi connectivity index (χ4v) is 7.02. The number of aromatic amines is 1. The topological polar surface area (TPSA) is 151 Å². The summed E-state index contributed by atoms with van der Waals surface area (Å²) in [5, 5.41) is 14.8. The summed E-state index contributed by atoms with van der Waals surface area (Å²) in [6.07, 6.45) is 1.93. The zero-order valence-electron chi connectivity index (χ0n) is 31.7. The summed E-state index contributed by atoms with van der Waals surface area (Å²) in [6.45, 7) is 17.4. The number of tetrazole rings is 1. The second kappa shape index (κ2) is 15.0. The molecule has 50 heavy (non-hydrogen) atoms. The van der Waals surface area contributed by atoms with Crippen molar-refractivity contribution in [3.8, 4) is 22.5 Å². The van der Waals surface area contributed by atoms with E-state index in [2.05, 4.69) is 46.6 Å². The van der Waals surface area contributed by atoms with Crippen molar-refractivity contribution in [1.29, 1.82) is 0 Å². The number of rotatable bonds is 14. The number of esters is 1. The first-order valence-electron chi connectivity index (χ1n) is 17.6. The van der Waals surface area contributed by atoms with Crippen molar-refractivity contribution in [3.05, 3.63) is 91.9 Å². The number of aromatic nitrogens is 6. The molecule has 1 atom stereocenters. The van der Waals surface area contributed by atoms with E-state index in [9.17, 15) is 11.0 Å². The lowest BCUT2D eigenvalue weighted by Gasteiger charge is -2.30. The van der Waals surface area contributed by atoms with Crippen molar-refractivity contribution >= 4 is 5.97 Å². The van der Waals surface area contributed by atoms with Crippen LogP contribution in [0, 0.1) is 26.7 Å². The van der Waals surface area contributed by atoms with Crippen LogP contribution in [0.2, 0.25) is 0 Å². The van der Waals surface area contributed by atoms with Crippen LogP contribution in [-0.4, -0.2) is 43.3 Å². The minimum atomic E-state index is -1.53. The Morgan fingerprint density at radius 1 is 1.04 bits per heavy atom. The van der Waals surface area contributed by atoms with Crippen LogP contribution in [-0.2, 0) is 34.5 Å². The highest BCUT2D eigenvalue weighted by Crippen LogP contribution is 2.40. The number of nitrogens with zero attached hydrogens (tertiary/aromatic N) is 5. The van der Waals surface area contributed by atoms with E-state index in [-0.39, 0.29) is 24.0 Å². The first-order valence-corrected chi connectivity index (χ1v) is 17.1. The van der Waals surface area contributed by atoms with E-state index in [1.165, 1.54) is 0 Å². The number of imidazole rings is 1. The molecule has 0 amide bonds. The molecular weight excluding hydrogens is 636 g/mol. The van der Waals surface area contributed by atoms with Crippen molar-refractivity contribution in [2.75, 3.05) is 7.11 Å². The van der Waals surface area contributed by atoms with Crippen molar-refractivity contribution in [3.63, 3.8) is 0 Å². The van der Waals surface area contributed by atoms with Gasteiger partial charge in [-0.1, -0.05) is 65.0 Å². The smallest absolute Gasteiger partial charge is 0.453 e. The van der Waals surface area contributed by atoms with Crippen molar-refractivity contribution < 1.29 is 24.5 Å². The van der Waals surface area contributed by atoms with Crippen LogP contribution >= 0.6 is 0 Å². The van der Waals surface area contributed by atoms with Crippen molar-refractivity contribution in [1.82, 2.24) is 30.2 Å². The van der Waals surface area contributed by atoms with Gasteiger partial charge in [-0.15, -0.1) is 10.2 Å². The Kier molecular flexibility index (Phi) is 10.5. The summed E-state index contributed by atoms with van der Waals surface area (Å²) < 4.78 is 34.3. The molecule has 5 rings (SSSR count). The summed E-state index contributed by atoms with van der Waals surface area (Å²) >= 11 is 0. The predicted molar refractivity (Wildman–Crippen MR) is 189 cm³/mol. The molecule has 0 saturated heterocycles. The lowest BCUT2D eigenvalue weighted by Crippen LogP contribution is -2.31. The molecule has 2 aromatic carbocycles. The molecule has 12 nitrogen and oxygen atoms in total. The molecule has 0 aliphatic rings. The lowest BCUT2D eigenvalue weighted by atomic mass is 9.88. The molecule has 3 heterocycles. The molecule has 0 saturated carbocycles. The maximum Gasteiger partial charge on any atom is 0.519 e. The average Bonchev–Trinajstić information content (AvgIpc) is 3.83. The number of carbonyl (C=O) groups excluding carboxylic acids is 1. The molecule has 0 aliphatic carbocycles. The highest BCUT2D eigenvalue weighted by Gasteiger charge is 2.40. The Balaban J connectivity index is 1.73. The van der Waals surface area contributed by atoms with Crippen LogP contribution in [0.3, 0.4) is 0 Å². The minimum Gasteiger partial charge on any atom is -0.453 e. The highest BCUT2D eigenvalue weighted by atomic mass is 16.6. The van der Waals surface area contributed by atoms with Crippen molar-refractivity contribution in [2.24, 2.45) is 5.92 Å². The van der Waals surface area contributed by atoms with Crippen LogP contribution in [0.4, 0.5) is 0 Å². The predicted octanol–water partition coefficient (Wildman–Crippen LogP) is 7.59. The Morgan fingerprint density at radius 3 is 2.30 bits per heavy atom. The van der Waals surface area contributed by atoms with E-state index in [0.29, 0.717) is 54.3 Å². The fourth-order valence-electron chi connectivity index (χ4n) is 7.02. The second-order valence-electron chi connectivity index (χ2n) is 13.1. The summed E-state index contributed by atoms with van der Waals surface area (Å²) in [5.74, 6) is 0.0853. The molecule has 3 aromatic heterocycles. The van der Waals surface area contributed by atoms with Gasteiger partial charge in [-0.05, 0) is 85.0 Å². The zero-order valence-corrected chi connectivity index (χ0v) is 30.7. The van der Waals surface area contributed by atoms with Gasteiger partial charge in [0.05, 0.1) is 7.39 Å². The Morgan fingerprint density at radius 2 is 1.72 bits per heavy atom. The molecule has 1 unspecified atom stereocenters. The largest absolute Gasteiger partial charge is 0.519 e. The van der Waals surface area contributed by atoms with Gasteiger partial charge >= 0.3 is 11.8 Å². The summed E-state index contributed by atoms with van der Waals surface area (Å²) in [6, 6.07) is 8.55. The number of hydrogen-bond donors (Lipinski definition) is 1. The normalized spacial score (nSPS) is 13.5. The molecule has 12 heteroatoms. The van der Waals surface area contributed by atoms with Gasteiger partial charge in [0.2, 0.25) is 5.82 Å². The van der Waals surface area contributed by atoms with Crippen LogP contribution < -0.4 is 5.82 Å². The fraction of sp³-hybridized carbons (Fsp3) is 0.474. The number of hydrogen-bond acceptors (Lipinski definition) is 10. The number of ether oxygens (including phenoxy) is 2. The van der Waals surface area contributed by atoms with Crippen molar-refractivity contribution in [2.45, 2.75) is 106 Å². The van der Waals surface area contributed by atoms with Gasteiger partial charge in [-0.2, -0.15) is 5.21 Å². The third kappa shape index (κ3) is 6.81. The summed E-state index contributed by atoms with van der Waals surface area (Å²) in [4.78, 5) is 31.4. The van der Waals surface area contributed by atoms with Gasteiger partial charge < -0.3 is 22.9 Å². The molecule has 0 aliphatic heterocycles. The first kappa shape index (κ1) is 35.0. The molecule has 5 aromatic rings. The SMILES string of the molecule is [2H]C(C)(c1c(C)cc(-c2c(C)cccc2-c2nn[nH]n2)cc1C)n1c(CC(C)C)nc(C(CC)(CC)OC)c1C(=O)OCc1oc(=O)oc1CC. The van der Waals surface area contributed by atoms with Crippen LogP contribution in [0.25, 0.3) is 22.5 Å². The van der Waals surface area contributed by atoms with Gasteiger partial charge in [-0.3, -0.25) is 0 Å². The van der Waals surface area contributed by atoms with E-state index in [1.807, 2.05) is 59.7 Å². The third-order valence-electron chi connectivity index (χ3n) is 9.45. The van der Waals surface area contributed by atoms with Gasteiger partial charge in [0.25, 0.3) is 0 Å².